The molecule has 1 fully saturated rings. The minimum Gasteiger partial charge on any atom is -0.438 e. The van der Waals surface area contributed by atoms with E-state index in [9.17, 15) is 9.00 Å². The van der Waals surface area contributed by atoms with Crippen LogP contribution in [0.5, 0.6) is 11.6 Å². The normalized spacial score (nSPS) is 14.7. The summed E-state index contributed by atoms with van der Waals surface area (Å²) in [7, 11) is 0.815. The Kier molecular flexibility index (Phi) is 7.38. The first-order valence-electron chi connectivity index (χ1n) is 12.1. The van der Waals surface area contributed by atoms with Crippen molar-refractivity contribution in [1.29, 1.82) is 0 Å². The Morgan fingerprint density at radius 2 is 1.82 bits per heavy atom. The Morgan fingerprint density at radius 3 is 2.53 bits per heavy atom. The number of fused-ring (bicyclic) bond motifs is 1. The quantitative estimate of drug-likeness (QED) is 0.329. The van der Waals surface area contributed by atoms with Gasteiger partial charge in [0.25, 0.3) is 0 Å². The number of ether oxygens (including phenoxy) is 1. The van der Waals surface area contributed by atoms with Crippen molar-refractivity contribution in [2.45, 2.75) is 0 Å². The summed E-state index contributed by atoms with van der Waals surface area (Å²) < 4.78 is 20.0. The molecule has 0 bridgehead atoms. The molecular formula is C27H29N7O3S. The van der Waals surface area contributed by atoms with Gasteiger partial charge in [-0.2, -0.15) is 9.97 Å². The maximum atomic E-state index is 12.3. The van der Waals surface area contributed by atoms with E-state index in [-0.39, 0.29) is 5.91 Å². The fraction of sp³-hybridized carbons (Fsp3) is 0.222. The zero-order chi connectivity index (χ0) is 26.6. The van der Waals surface area contributed by atoms with Crippen LogP contribution in [-0.4, -0.2) is 68.4 Å². The Balaban J connectivity index is 1.43. The van der Waals surface area contributed by atoms with E-state index >= 15 is 0 Å². The average Bonchev–Trinajstić information content (AvgIpc) is 3.34. The number of amides is 1. The summed E-state index contributed by atoms with van der Waals surface area (Å²) in [6.07, 6.45) is 4.47. The van der Waals surface area contributed by atoms with Crippen LogP contribution in [0.4, 0.5) is 23.0 Å². The van der Waals surface area contributed by atoms with Crippen molar-refractivity contribution in [2.24, 2.45) is 0 Å². The highest BCUT2D eigenvalue weighted by molar-refractivity contribution is 7.82. The molecule has 1 aliphatic heterocycles. The number of hydrogen-bond donors (Lipinski definition) is 2. The number of nitrogens with zero attached hydrogens (tertiary/aromatic N) is 5. The van der Waals surface area contributed by atoms with Gasteiger partial charge in [0.2, 0.25) is 17.7 Å². The summed E-state index contributed by atoms with van der Waals surface area (Å²) in [5, 5.41) is 6.58. The molecule has 196 valence electrons. The minimum absolute atomic E-state index is 0.294. The predicted molar refractivity (Wildman–Crippen MR) is 152 cm³/mol. The van der Waals surface area contributed by atoms with Crippen molar-refractivity contribution in [1.82, 2.24) is 18.8 Å². The van der Waals surface area contributed by atoms with E-state index in [0.717, 1.165) is 31.9 Å². The molecule has 2 N–H and O–H groups in total. The molecular weight excluding hydrogens is 502 g/mol. The minimum atomic E-state index is -1.32. The van der Waals surface area contributed by atoms with E-state index in [2.05, 4.69) is 56.2 Å². The van der Waals surface area contributed by atoms with E-state index in [1.165, 1.54) is 11.8 Å². The monoisotopic (exact) mass is 531 g/mol. The highest BCUT2D eigenvalue weighted by Gasteiger charge is 2.17. The third kappa shape index (κ3) is 5.68. The Bertz CT molecular complexity index is 1490. The number of carbonyl (C=O) groups excluding carboxylic acids is 1. The third-order valence-corrected chi connectivity index (χ3v) is 7.09. The van der Waals surface area contributed by atoms with Crippen LogP contribution in [0.1, 0.15) is 0 Å². The van der Waals surface area contributed by atoms with Crippen molar-refractivity contribution >= 4 is 50.9 Å². The number of benzene rings is 2. The number of rotatable bonds is 8. The zero-order valence-electron chi connectivity index (χ0n) is 21.3. The lowest BCUT2D eigenvalue weighted by Gasteiger charge is -2.34. The van der Waals surface area contributed by atoms with Crippen LogP contribution in [0.25, 0.3) is 11.0 Å². The highest BCUT2D eigenvalue weighted by atomic mass is 32.2. The number of piperazine rings is 1. The van der Waals surface area contributed by atoms with Gasteiger partial charge in [-0.25, -0.2) is 8.18 Å². The second kappa shape index (κ2) is 11.0. The molecule has 0 saturated carbocycles. The van der Waals surface area contributed by atoms with Gasteiger partial charge in [-0.1, -0.05) is 12.6 Å². The number of carbonyl (C=O) groups is 1. The molecule has 11 heteroatoms. The van der Waals surface area contributed by atoms with Crippen LogP contribution >= 0.6 is 0 Å². The highest BCUT2D eigenvalue weighted by Crippen LogP contribution is 2.32. The molecule has 38 heavy (non-hydrogen) atoms. The van der Waals surface area contributed by atoms with Crippen molar-refractivity contribution in [2.75, 3.05) is 55.0 Å². The van der Waals surface area contributed by atoms with E-state index in [1.807, 2.05) is 12.1 Å². The lowest BCUT2D eigenvalue weighted by molar-refractivity contribution is -0.111. The molecule has 5 rings (SSSR count). The summed E-state index contributed by atoms with van der Waals surface area (Å²) >= 11 is 0. The second-order valence-corrected chi connectivity index (χ2v) is 10.2. The Hall–Kier alpha value is -4.22. The van der Waals surface area contributed by atoms with E-state index in [4.69, 9.17) is 4.74 Å². The van der Waals surface area contributed by atoms with Gasteiger partial charge < -0.3 is 25.2 Å². The maximum absolute atomic E-state index is 12.3. The van der Waals surface area contributed by atoms with Crippen LogP contribution in [0.15, 0.2) is 73.4 Å². The van der Waals surface area contributed by atoms with E-state index in [1.54, 1.807) is 46.8 Å². The molecule has 1 aliphatic rings. The molecule has 1 unspecified atom stereocenters. The van der Waals surface area contributed by atoms with Gasteiger partial charge in [0.05, 0.1) is 5.39 Å². The number of anilines is 4. The fourth-order valence-electron chi connectivity index (χ4n) is 4.20. The number of likely N-dealkylation sites (N-methyl/N-ethyl adjacent to an activating group) is 1. The molecule has 1 saturated heterocycles. The first kappa shape index (κ1) is 25.4. The third-order valence-electron chi connectivity index (χ3n) is 6.25. The first-order valence-corrected chi connectivity index (χ1v) is 13.7. The van der Waals surface area contributed by atoms with Crippen LogP contribution in [0.3, 0.4) is 0 Å². The molecule has 0 spiro atoms. The topological polar surface area (TPSA) is 105 Å². The maximum Gasteiger partial charge on any atom is 0.247 e. The molecule has 4 aromatic rings. The summed E-state index contributed by atoms with van der Waals surface area (Å²) in [5.41, 5.74) is 3.02. The molecule has 0 aliphatic carbocycles. The van der Waals surface area contributed by atoms with Crippen LogP contribution in [0.2, 0.25) is 0 Å². The van der Waals surface area contributed by atoms with Gasteiger partial charge in [0.1, 0.15) is 16.7 Å². The van der Waals surface area contributed by atoms with Crippen molar-refractivity contribution < 1.29 is 13.7 Å². The van der Waals surface area contributed by atoms with Gasteiger partial charge in [-0.05, 0) is 55.6 Å². The van der Waals surface area contributed by atoms with Gasteiger partial charge in [0.15, 0.2) is 5.65 Å². The zero-order valence-corrected chi connectivity index (χ0v) is 22.1. The molecule has 3 heterocycles. The molecule has 2 aromatic carbocycles. The molecule has 2 aromatic heterocycles. The van der Waals surface area contributed by atoms with Crippen LogP contribution < -0.4 is 20.3 Å². The fourth-order valence-corrected chi connectivity index (χ4v) is 4.81. The molecule has 10 nitrogen and oxygen atoms in total. The van der Waals surface area contributed by atoms with Gasteiger partial charge >= 0.3 is 0 Å². The first-order chi connectivity index (χ1) is 18.4. The Morgan fingerprint density at radius 1 is 1.05 bits per heavy atom. The summed E-state index contributed by atoms with van der Waals surface area (Å²) in [6, 6.07) is 16.9. The number of hydrogen-bond acceptors (Lipinski definition) is 8. The predicted octanol–water partition coefficient (Wildman–Crippen LogP) is 3.99. The second-order valence-electron chi connectivity index (χ2n) is 8.94. The molecule has 0 radical (unpaired) electrons. The number of nitrogens with one attached hydrogen (secondary N) is 2. The van der Waals surface area contributed by atoms with Crippen LogP contribution in [-0.2, 0) is 15.8 Å². The summed E-state index contributed by atoms with van der Waals surface area (Å²) in [5.74, 6) is 0.753. The summed E-state index contributed by atoms with van der Waals surface area (Å²) in [6.45, 7) is 7.54. The standard InChI is InChI=1S/C27H29N7O3S/c1-4-24(35)28-20-6-5-7-22(18-20)37-26-23-12-13-34(38(3)36)25(23)30-27(31-26)29-19-8-10-21(11-9-19)33-16-14-32(2)15-17-33/h4-13,18H,1,14-17H2,2-3H3,(H,28,35)(H,29,30,31). The van der Waals surface area contributed by atoms with Crippen molar-refractivity contribution in [3.05, 3.63) is 73.4 Å². The largest absolute Gasteiger partial charge is 0.438 e. The smallest absolute Gasteiger partial charge is 0.247 e. The van der Waals surface area contributed by atoms with Crippen molar-refractivity contribution in [3.8, 4) is 11.6 Å². The number of aromatic nitrogens is 3. The molecule has 1 amide bonds. The average molecular weight is 532 g/mol. The SMILES string of the molecule is C=CC(=O)Nc1cccc(Oc2nc(Nc3ccc(N4CCN(C)CC4)cc3)nc3c2ccn3S(C)=O)c1. The van der Waals surface area contributed by atoms with Gasteiger partial charge in [-0.15, -0.1) is 0 Å². The van der Waals surface area contributed by atoms with Gasteiger partial charge in [-0.3, -0.25) is 4.79 Å². The van der Waals surface area contributed by atoms with Crippen molar-refractivity contribution in [3.63, 3.8) is 0 Å². The molecule has 1 atom stereocenters. The lowest BCUT2D eigenvalue weighted by Crippen LogP contribution is -2.44. The van der Waals surface area contributed by atoms with E-state index < -0.39 is 11.0 Å². The lowest BCUT2D eigenvalue weighted by atomic mass is 10.2. The Labute approximate surface area is 223 Å². The van der Waals surface area contributed by atoms with Gasteiger partial charge in [0, 0.05) is 61.8 Å². The summed E-state index contributed by atoms with van der Waals surface area (Å²) in [4.78, 5) is 25.6. The van der Waals surface area contributed by atoms with E-state index in [0.29, 0.717) is 34.3 Å². The van der Waals surface area contributed by atoms with Crippen LogP contribution in [0, 0.1) is 0 Å².